The number of hydrogen-bond acceptors (Lipinski definition) is 4. The van der Waals surface area contributed by atoms with Crippen LogP contribution in [0.3, 0.4) is 0 Å². The Kier molecular flexibility index (Phi) is 4.72. The molecule has 2 N–H and O–H groups in total. The Morgan fingerprint density at radius 3 is 2.42 bits per heavy atom. The molecule has 1 aromatic carbocycles. The Hall–Kier alpha value is -0.760. The predicted molar refractivity (Wildman–Crippen MR) is 83.4 cm³/mol. The fourth-order valence-corrected chi connectivity index (χ4v) is 4.72. The van der Waals surface area contributed by atoms with Gasteiger partial charge in [-0.25, -0.2) is 0 Å². The van der Waals surface area contributed by atoms with Crippen LogP contribution in [0.15, 0.2) is 37.9 Å². The molecule has 4 nitrogen and oxygen atoms in total. The maximum absolute atomic E-state index is 10.6. The van der Waals surface area contributed by atoms with Crippen LogP contribution in [0.25, 0.3) is 0 Å². The van der Waals surface area contributed by atoms with Gasteiger partial charge in [-0.05, 0) is 55.5 Å². The molecular weight excluding hydrogens is 396 g/mol. The van der Waals surface area contributed by atoms with Gasteiger partial charge in [0.1, 0.15) is 0 Å². The van der Waals surface area contributed by atoms with E-state index in [1.807, 2.05) is 6.07 Å². The summed E-state index contributed by atoms with van der Waals surface area (Å²) in [5.41, 5.74) is 8.27. The van der Waals surface area contributed by atoms with Gasteiger partial charge in [-0.2, -0.15) is 0 Å². The van der Waals surface area contributed by atoms with Gasteiger partial charge in [0, 0.05) is 18.2 Å². The molecule has 0 aliphatic rings. The quantitative estimate of drug-likeness (QED) is 0.604. The van der Waals surface area contributed by atoms with Gasteiger partial charge in [0.25, 0.3) is 5.69 Å². The van der Waals surface area contributed by atoms with Crippen molar-refractivity contribution in [3.8, 4) is 0 Å². The normalized spacial score (nSPS) is 12.4. The van der Waals surface area contributed by atoms with Crippen molar-refractivity contribution < 1.29 is 4.92 Å². The second kappa shape index (κ2) is 6.13. The molecular formula is C12H10Br2N2O2S. The summed E-state index contributed by atoms with van der Waals surface area (Å²) < 4.78 is 2.03. The highest BCUT2D eigenvalue weighted by atomic mass is 79.9. The average Bonchev–Trinajstić information content (AvgIpc) is 2.69. The molecule has 1 unspecified atom stereocenters. The Bertz CT molecular complexity index is 598. The molecule has 7 heteroatoms. The molecule has 2 aromatic rings. The Labute approximate surface area is 131 Å². The molecule has 2 rings (SSSR count). The lowest BCUT2D eigenvalue weighted by molar-refractivity contribution is -0.384. The topological polar surface area (TPSA) is 69.2 Å². The molecule has 1 aromatic heterocycles. The lowest BCUT2D eigenvalue weighted by Crippen LogP contribution is -2.12. The Balaban J connectivity index is 2.12. The molecule has 0 aliphatic heterocycles. The van der Waals surface area contributed by atoms with Crippen molar-refractivity contribution in [3.05, 3.63) is 59.1 Å². The van der Waals surface area contributed by atoms with Gasteiger partial charge in [-0.15, -0.1) is 11.3 Å². The maximum atomic E-state index is 10.6. The summed E-state index contributed by atoms with van der Waals surface area (Å²) in [5, 5.41) is 10.6. The van der Waals surface area contributed by atoms with Crippen LogP contribution in [-0.4, -0.2) is 4.92 Å². The summed E-state index contributed by atoms with van der Waals surface area (Å²) in [4.78, 5) is 10.2. The number of nitro benzene ring substituents is 1. The molecule has 100 valence electrons. The van der Waals surface area contributed by atoms with E-state index in [-0.39, 0.29) is 11.7 Å². The van der Waals surface area contributed by atoms with Gasteiger partial charge in [0.2, 0.25) is 0 Å². The van der Waals surface area contributed by atoms with E-state index in [4.69, 9.17) is 5.73 Å². The number of nitrogens with zero attached hydrogens (tertiary/aromatic N) is 1. The minimum atomic E-state index is -0.406. The predicted octanol–water partition coefficient (Wildman–Crippen LogP) is 4.42. The number of thiophene rings is 1. The molecule has 0 amide bonds. The molecule has 0 bridgehead atoms. The third-order valence-corrected chi connectivity index (χ3v) is 5.07. The number of nitrogens with two attached hydrogens (primary N) is 1. The summed E-state index contributed by atoms with van der Waals surface area (Å²) in [6.45, 7) is 0. The van der Waals surface area contributed by atoms with Crippen LogP contribution in [0.5, 0.6) is 0 Å². The summed E-state index contributed by atoms with van der Waals surface area (Å²) in [6, 6.07) is 8.34. The van der Waals surface area contributed by atoms with Crippen LogP contribution in [0, 0.1) is 10.1 Å². The lowest BCUT2D eigenvalue weighted by atomic mass is 10.0. The number of halogens is 2. The van der Waals surface area contributed by atoms with Crippen molar-refractivity contribution in [2.75, 3.05) is 0 Å². The number of nitro groups is 1. The number of rotatable bonds is 4. The van der Waals surface area contributed by atoms with Gasteiger partial charge >= 0.3 is 0 Å². The molecule has 0 spiro atoms. The highest BCUT2D eigenvalue weighted by molar-refractivity contribution is 9.12. The van der Waals surface area contributed by atoms with Crippen molar-refractivity contribution in [1.82, 2.24) is 0 Å². The summed E-state index contributed by atoms with van der Waals surface area (Å²) in [6.07, 6.45) is 0.639. The largest absolute Gasteiger partial charge is 0.324 e. The number of hydrogen-bond donors (Lipinski definition) is 1. The molecule has 0 fully saturated rings. The van der Waals surface area contributed by atoms with Crippen LogP contribution in [0.1, 0.15) is 17.2 Å². The van der Waals surface area contributed by atoms with Gasteiger partial charge < -0.3 is 5.73 Å². The van der Waals surface area contributed by atoms with Gasteiger partial charge in [-0.3, -0.25) is 10.1 Å². The Morgan fingerprint density at radius 1 is 1.32 bits per heavy atom. The fraction of sp³-hybridized carbons (Fsp3) is 0.167. The molecule has 0 radical (unpaired) electrons. The first-order chi connectivity index (χ1) is 8.97. The second-order valence-electron chi connectivity index (χ2n) is 4.01. The first-order valence-electron chi connectivity index (χ1n) is 5.41. The van der Waals surface area contributed by atoms with Crippen molar-refractivity contribution in [3.63, 3.8) is 0 Å². The zero-order valence-corrected chi connectivity index (χ0v) is 13.7. The van der Waals surface area contributed by atoms with E-state index in [2.05, 4.69) is 31.9 Å². The van der Waals surface area contributed by atoms with Crippen LogP contribution in [-0.2, 0) is 6.42 Å². The summed E-state index contributed by atoms with van der Waals surface area (Å²) in [5.74, 6) is 0. The van der Waals surface area contributed by atoms with Crippen LogP contribution in [0.4, 0.5) is 5.69 Å². The zero-order chi connectivity index (χ0) is 14.0. The monoisotopic (exact) mass is 404 g/mol. The molecule has 19 heavy (non-hydrogen) atoms. The van der Waals surface area contributed by atoms with Crippen molar-refractivity contribution >= 4 is 48.9 Å². The van der Waals surface area contributed by atoms with Crippen molar-refractivity contribution in [2.24, 2.45) is 5.73 Å². The van der Waals surface area contributed by atoms with Crippen LogP contribution < -0.4 is 5.73 Å². The van der Waals surface area contributed by atoms with E-state index in [9.17, 15) is 10.1 Å². The zero-order valence-electron chi connectivity index (χ0n) is 9.68. The second-order valence-corrected chi connectivity index (χ2v) is 7.76. The van der Waals surface area contributed by atoms with E-state index in [1.54, 1.807) is 23.5 Å². The van der Waals surface area contributed by atoms with Gasteiger partial charge in [0.15, 0.2) is 0 Å². The van der Waals surface area contributed by atoms with Crippen molar-refractivity contribution in [2.45, 2.75) is 12.5 Å². The van der Waals surface area contributed by atoms with Gasteiger partial charge in [0.05, 0.1) is 12.5 Å². The molecule has 1 atom stereocenters. The maximum Gasteiger partial charge on any atom is 0.269 e. The van der Waals surface area contributed by atoms with E-state index >= 15 is 0 Å². The third-order valence-electron chi connectivity index (χ3n) is 2.69. The van der Waals surface area contributed by atoms with E-state index < -0.39 is 4.92 Å². The SMILES string of the molecule is NC(Cc1ccc([N+](=O)[O-])cc1)c1cc(Br)sc1Br. The smallest absolute Gasteiger partial charge is 0.269 e. The van der Waals surface area contributed by atoms with E-state index in [1.165, 1.54) is 12.1 Å². The molecule has 0 saturated carbocycles. The first-order valence-corrected chi connectivity index (χ1v) is 7.81. The molecule has 0 saturated heterocycles. The minimum absolute atomic E-state index is 0.0942. The van der Waals surface area contributed by atoms with E-state index in [0.717, 1.165) is 18.7 Å². The summed E-state index contributed by atoms with van der Waals surface area (Å²) >= 11 is 8.48. The Morgan fingerprint density at radius 2 is 1.95 bits per heavy atom. The third kappa shape index (κ3) is 3.62. The summed E-state index contributed by atoms with van der Waals surface area (Å²) in [7, 11) is 0. The number of benzene rings is 1. The lowest BCUT2D eigenvalue weighted by Gasteiger charge is -2.10. The fourth-order valence-electron chi connectivity index (χ4n) is 1.72. The van der Waals surface area contributed by atoms with Crippen LogP contribution in [0.2, 0.25) is 0 Å². The highest BCUT2D eigenvalue weighted by Crippen LogP contribution is 2.35. The van der Waals surface area contributed by atoms with Crippen LogP contribution >= 0.6 is 43.2 Å². The van der Waals surface area contributed by atoms with E-state index in [0.29, 0.717) is 6.42 Å². The minimum Gasteiger partial charge on any atom is -0.324 e. The number of non-ortho nitro benzene ring substituents is 1. The standard InChI is InChI=1S/C12H10Br2N2O2S/c13-11-6-9(12(14)19-11)10(15)5-7-1-3-8(4-2-7)16(17)18/h1-4,6,10H,5,15H2. The molecule has 0 aliphatic carbocycles. The first kappa shape index (κ1) is 14.6. The average molecular weight is 406 g/mol. The molecule has 1 heterocycles. The van der Waals surface area contributed by atoms with Crippen molar-refractivity contribution in [1.29, 1.82) is 0 Å². The van der Waals surface area contributed by atoms with Gasteiger partial charge in [-0.1, -0.05) is 12.1 Å². The highest BCUT2D eigenvalue weighted by Gasteiger charge is 2.14.